The number of hydrogen-bond acceptors (Lipinski definition) is 5. The number of benzene rings is 1. The molecule has 2 N–H and O–H groups in total. The highest BCUT2D eigenvalue weighted by Gasteiger charge is 2.31. The third-order valence-corrected chi connectivity index (χ3v) is 4.83. The predicted octanol–water partition coefficient (Wildman–Crippen LogP) is 4.54. The molecule has 1 aromatic carbocycles. The second kappa shape index (κ2) is 7.65. The monoisotopic (exact) mass is 400 g/mol. The molecule has 9 heteroatoms. The van der Waals surface area contributed by atoms with Gasteiger partial charge in [0.2, 0.25) is 5.95 Å². The van der Waals surface area contributed by atoms with Gasteiger partial charge in [-0.2, -0.15) is 13.2 Å². The zero-order valence-corrected chi connectivity index (χ0v) is 15.7. The largest absolute Gasteiger partial charge is 0.416 e. The first-order valence-corrected chi connectivity index (χ1v) is 9.22. The number of aromatic amines is 1. The number of nitrogens with zero attached hydrogens (tertiary/aromatic N) is 4. The van der Waals surface area contributed by atoms with Gasteiger partial charge in [0.05, 0.1) is 22.6 Å². The molecule has 150 valence electrons. The van der Waals surface area contributed by atoms with Crippen molar-refractivity contribution in [3.8, 4) is 22.6 Å². The van der Waals surface area contributed by atoms with Crippen molar-refractivity contribution in [2.24, 2.45) is 4.99 Å². The summed E-state index contributed by atoms with van der Waals surface area (Å²) < 4.78 is 39.7. The predicted molar refractivity (Wildman–Crippen MR) is 105 cm³/mol. The molecule has 1 aliphatic rings. The summed E-state index contributed by atoms with van der Waals surface area (Å²) in [5.74, 6) is 1.28. The molecule has 1 aliphatic heterocycles. The highest BCUT2D eigenvalue weighted by atomic mass is 19.4. The van der Waals surface area contributed by atoms with E-state index >= 15 is 0 Å². The van der Waals surface area contributed by atoms with Crippen molar-refractivity contribution in [3.05, 3.63) is 47.9 Å². The van der Waals surface area contributed by atoms with Crippen LogP contribution in [0.2, 0.25) is 0 Å². The van der Waals surface area contributed by atoms with Gasteiger partial charge >= 0.3 is 6.18 Å². The maximum Gasteiger partial charge on any atom is 0.416 e. The number of rotatable bonds is 4. The quantitative estimate of drug-likeness (QED) is 0.674. The number of aliphatic imine (C=N–C) groups is 1. The van der Waals surface area contributed by atoms with E-state index in [9.17, 15) is 13.2 Å². The molecule has 3 aromatic rings. The maximum atomic E-state index is 13.2. The van der Waals surface area contributed by atoms with Crippen LogP contribution in [-0.4, -0.2) is 39.7 Å². The van der Waals surface area contributed by atoms with E-state index in [-0.39, 0.29) is 5.92 Å². The lowest BCUT2D eigenvalue weighted by Gasteiger charge is -2.14. The Kier molecular flexibility index (Phi) is 5.04. The lowest BCUT2D eigenvalue weighted by molar-refractivity contribution is -0.137. The molecule has 0 aliphatic carbocycles. The number of aromatic nitrogens is 4. The Morgan fingerprint density at radius 3 is 2.76 bits per heavy atom. The number of nitrogens with one attached hydrogen (secondary N) is 2. The van der Waals surface area contributed by atoms with E-state index in [4.69, 9.17) is 4.98 Å². The van der Waals surface area contributed by atoms with E-state index in [2.05, 4.69) is 25.3 Å². The molecule has 1 unspecified atom stereocenters. The Balaban J connectivity index is 1.85. The van der Waals surface area contributed by atoms with Crippen molar-refractivity contribution in [2.75, 3.05) is 18.9 Å². The number of H-pyrrole nitrogens is 1. The second-order valence-electron chi connectivity index (χ2n) is 6.75. The summed E-state index contributed by atoms with van der Waals surface area (Å²) in [6.45, 7) is 0.705. The van der Waals surface area contributed by atoms with E-state index in [1.54, 1.807) is 25.4 Å². The van der Waals surface area contributed by atoms with Crippen LogP contribution in [0, 0.1) is 0 Å². The Labute approximate surface area is 165 Å². The number of halogens is 3. The molecule has 0 saturated heterocycles. The van der Waals surface area contributed by atoms with E-state index in [0.29, 0.717) is 35.1 Å². The minimum atomic E-state index is -4.43. The molecule has 0 radical (unpaired) electrons. The second-order valence-corrected chi connectivity index (χ2v) is 6.75. The standard InChI is InChI=1S/C20H19F3N6/c1-24-19-26-10-7-15(27-19)17-16(13-3-2-4-14(11-13)20(21,22)23)28-18(29-17)12-5-8-25-9-6-12/h2-4,7-8,10-12H,5-6,9H2,1H3,(H,28,29)(H,24,26,27). The van der Waals surface area contributed by atoms with Crippen LogP contribution in [0.25, 0.3) is 22.6 Å². The van der Waals surface area contributed by atoms with Crippen LogP contribution < -0.4 is 5.32 Å². The summed E-state index contributed by atoms with van der Waals surface area (Å²) in [5.41, 5.74) is 1.23. The van der Waals surface area contributed by atoms with Gasteiger partial charge in [0.1, 0.15) is 5.82 Å². The topological polar surface area (TPSA) is 78.9 Å². The molecular weight excluding hydrogens is 381 g/mol. The zero-order chi connectivity index (χ0) is 20.4. The SMILES string of the molecule is CNc1nccc(-c2[nH]c(C3CC=NCC3)nc2-c2cccc(C(F)(F)F)c2)n1. The molecule has 0 bridgehead atoms. The van der Waals surface area contributed by atoms with Crippen LogP contribution in [0.1, 0.15) is 30.1 Å². The van der Waals surface area contributed by atoms with Crippen molar-refractivity contribution in [1.29, 1.82) is 0 Å². The Morgan fingerprint density at radius 1 is 1.17 bits per heavy atom. The molecule has 2 aromatic heterocycles. The average Bonchev–Trinajstić information content (AvgIpc) is 3.19. The van der Waals surface area contributed by atoms with Gasteiger partial charge in [0.25, 0.3) is 0 Å². The van der Waals surface area contributed by atoms with E-state index < -0.39 is 11.7 Å². The number of imidazole rings is 1. The zero-order valence-electron chi connectivity index (χ0n) is 15.7. The summed E-state index contributed by atoms with van der Waals surface area (Å²) in [7, 11) is 1.70. The van der Waals surface area contributed by atoms with Gasteiger partial charge in [-0.05, 0) is 37.3 Å². The van der Waals surface area contributed by atoms with Gasteiger partial charge < -0.3 is 10.3 Å². The third-order valence-electron chi connectivity index (χ3n) is 4.83. The molecule has 29 heavy (non-hydrogen) atoms. The molecule has 0 spiro atoms. The summed E-state index contributed by atoms with van der Waals surface area (Å²) >= 11 is 0. The maximum absolute atomic E-state index is 13.2. The van der Waals surface area contributed by atoms with Crippen LogP contribution in [0.5, 0.6) is 0 Å². The first kappa shape index (κ1) is 19.1. The Morgan fingerprint density at radius 2 is 2.03 bits per heavy atom. The molecule has 0 fully saturated rings. The fourth-order valence-corrected chi connectivity index (χ4v) is 3.33. The number of anilines is 1. The van der Waals surface area contributed by atoms with Crippen molar-refractivity contribution in [3.63, 3.8) is 0 Å². The third kappa shape index (κ3) is 3.98. The Hall–Kier alpha value is -3.23. The summed E-state index contributed by atoms with van der Waals surface area (Å²) in [6, 6.07) is 6.89. The van der Waals surface area contributed by atoms with E-state index in [1.165, 1.54) is 6.07 Å². The number of hydrogen-bond donors (Lipinski definition) is 2. The van der Waals surface area contributed by atoms with Gasteiger partial charge in [-0.3, -0.25) is 4.99 Å². The van der Waals surface area contributed by atoms with Crippen LogP contribution >= 0.6 is 0 Å². The minimum absolute atomic E-state index is 0.136. The highest BCUT2D eigenvalue weighted by molar-refractivity contribution is 5.77. The summed E-state index contributed by atoms with van der Waals surface area (Å²) in [5, 5.41) is 2.87. The highest BCUT2D eigenvalue weighted by Crippen LogP contribution is 2.36. The first-order valence-electron chi connectivity index (χ1n) is 9.22. The van der Waals surface area contributed by atoms with Crippen LogP contribution in [0.15, 0.2) is 41.5 Å². The van der Waals surface area contributed by atoms with E-state index in [0.717, 1.165) is 30.8 Å². The van der Waals surface area contributed by atoms with Crippen molar-refractivity contribution in [2.45, 2.75) is 24.9 Å². The van der Waals surface area contributed by atoms with Crippen LogP contribution in [-0.2, 0) is 6.18 Å². The van der Waals surface area contributed by atoms with Crippen molar-refractivity contribution in [1.82, 2.24) is 19.9 Å². The lowest BCUT2D eigenvalue weighted by atomic mass is 9.99. The smallest absolute Gasteiger partial charge is 0.357 e. The van der Waals surface area contributed by atoms with E-state index in [1.807, 2.05) is 6.21 Å². The summed E-state index contributed by atoms with van der Waals surface area (Å²) in [6.07, 6.45) is 0.600. The van der Waals surface area contributed by atoms with Gasteiger partial charge in [-0.25, -0.2) is 15.0 Å². The fourth-order valence-electron chi connectivity index (χ4n) is 3.33. The summed E-state index contributed by atoms with van der Waals surface area (Å²) in [4.78, 5) is 20.8. The molecule has 6 nitrogen and oxygen atoms in total. The lowest BCUT2D eigenvalue weighted by Crippen LogP contribution is -2.08. The normalized spacial score (nSPS) is 16.8. The molecule has 1 atom stereocenters. The van der Waals surface area contributed by atoms with Gasteiger partial charge in [0.15, 0.2) is 0 Å². The molecular formula is C20H19F3N6. The minimum Gasteiger partial charge on any atom is -0.357 e. The van der Waals surface area contributed by atoms with Crippen molar-refractivity contribution < 1.29 is 13.2 Å². The Bertz CT molecular complexity index is 1040. The number of alkyl halides is 3. The van der Waals surface area contributed by atoms with Gasteiger partial charge in [-0.15, -0.1) is 0 Å². The van der Waals surface area contributed by atoms with Crippen molar-refractivity contribution >= 4 is 12.2 Å². The molecule has 0 amide bonds. The van der Waals surface area contributed by atoms with Crippen LogP contribution in [0.3, 0.4) is 0 Å². The average molecular weight is 400 g/mol. The molecule has 0 saturated carbocycles. The molecule has 3 heterocycles. The first-order chi connectivity index (χ1) is 14.0. The van der Waals surface area contributed by atoms with Gasteiger partial charge in [-0.1, -0.05) is 12.1 Å². The van der Waals surface area contributed by atoms with Crippen LogP contribution in [0.4, 0.5) is 19.1 Å². The fraction of sp³-hybridized carbons (Fsp3) is 0.300. The van der Waals surface area contributed by atoms with Gasteiger partial charge in [0, 0.05) is 31.3 Å². The molecule has 4 rings (SSSR count).